The van der Waals surface area contributed by atoms with Gasteiger partial charge in [0.2, 0.25) is 0 Å². The molecule has 4 rings (SSSR count). The molecule has 0 amide bonds. The van der Waals surface area contributed by atoms with Crippen LogP contribution in [0, 0.1) is 12.7 Å². The highest BCUT2D eigenvalue weighted by Crippen LogP contribution is 2.35. The fourth-order valence-electron chi connectivity index (χ4n) is 4.08. The Bertz CT molecular complexity index is 984. The Hall–Kier alpha value is -2.85. The molecule has 0 saturated carbocycles. The molecule has 1 unspecified atom stereocenters. The monoisotopic (exact) mass is 419 g/mol. The molecule has 1 heterocycles. The van der Waals surface area contributed by atoms with E-state index in [9.17, 15) is 4.39 Å². The van der Waals surface area contributed by atoms with Gasteiger partial charge >= 0.3 is 0 Å². The average molecular weight is 420 g/mol. The number of piperidine rings is 1. The van der Waals surface area contributed by atoms with Gasteiger partial charge in [-0.15, -0.1) is 0 Å². The molecule has 3 aromatic rings. The molecule has 4 heteroatoms. The van der Waals surface area contributed by atoms with Crippen LogP contribution in [0.2, 0.25) is 0 Å². The second kappa shape index (κ2) is 10.5. The molecular weight excluding hydrogens is 389 g/mol. The van der Waals surface area contributed by atoms with Crippen LogP contribution in [0.4, 0.5) is 4.39 Å². The third-order valence-electron chi connectivity index (χ3n) is 5.85. The largest absolute Gasteiger partial charge is 0.493 e. The van der Waals surface area contributed by atoms with Gasteiger partial charge in [-0.1, -0.05) is 48.9 Å². The highest BCUT2D eigenvalue weighted by atomic mass is 19.1. The first-order chi connectivity index (χ1) is 15.2. The molecule has 0 aromatic heterocycles. The fraction of sp³-hybridized carbons (Fsp3) is 0.333. The maximum Gasteiger partial charge on any atom is 0.127 e. The Morgan fingerprint density at radius 3 is 2.61 bits per heavy atom. The molecule has 31 heavy (non-hydrogen) atoms. The van der Waals surface area contributed by atoms with E-state index in [1.807, 2.05) is 55.5 Å². The zero-order valence-corrected chi connectivity index (χ0v) is 18.1. The molecule has 0 radical (unpaired) electrons. The van der Waals surface area contributed by atoms with Crippen molar-refractivity contribution in [2.45, 2.75) is 45.3 Å². The van der Waals surface area contributed by atoms with Crippen LogP contribution in [0.5, 0.6) is 11.5 Å². The van der Waals surface area contributed by atoms with E-state index < -0.39 is 0 Å². The first kappa shape index (κ1) is 21.4. The van der Waals surface area contributed by atoms with Crippen molar-refractivity contribution < 1.29 is 13.9 Å². The van der Waals surface area contributed by atoms with Crippen LogP contribution in [0.25, 0.3) is 11.1 Å². The molecule has 1 N–H and O–H groups in total. The highest BCUT2D eigenvalue weighted by Gasteiger charge is 2.15. The number of halogens is 1. The number of rotatable bonds is 8. The molecule has 0 spiro atoms. The minimum Gasteiger partial charge on any atom is -0.493 e. The van der Waals surface area contributed by atoms with Gasteiger partial charge in [-0.25, -0.2) is 4.39 Å². The van der Waals surface area contributed by atoms with Crippen molar-refractivity contribution >= 4 is 0 Å². The van der Waals surface area contributed by atoms with Crippen molar-refractivity contribution in [3.63, 3.8) is 0 Å². The van der Waals surface area contributed by atoms with Crippen LogP contribution in [0.3, 0.4) is 0 Å². The molecule has 1 fully saturated rings. The van der Waals surface area contributed by atoms with E-state index in [1.54, 1.807) is 12.1 Å². The predicted octanol–water partition coefficient (Wildman–Crippen LogP) is 6.29. The SMILES string of the molecule is Cc1c(OCc2ccccc2)cc(OCCC2CCCCN2)cc1-c1cccc(F)c1. The van der Waals surface area contributed by atoms with Gasteiger partial charge in [0, 0.05) is 12.1 Å². The number of hydrogen-bond acceptors (Lipinski definition) is 3. The third-order valence-corrected chi connectivity index (χ3v) is 5.85. The van der Waals surface area contributed by atoms with Gasteiger partial charge in [0.15, 0.2) is 0 Å². The Labute approximate surface area is 184 Å². The van der Waals surface area contributed by atoms with E-state index in [0.717, 1.165) is 46.7 Å². The lowest BCUT2D eigenvalue weighted by molar-refractivity contribution is 0.264. The summed E-state index contributed by atoms with van der Waals surface area (Å²) in [6.07, 6.45) is 4.72. The van der Waals surface area contributed by atoms with Gasteiger partial charge in [-0.2, -0.15) is 0 Å². The summed E-state index contributed by atoms with van der Waals surface area (Å²) < 4.78 is 26.2. The van der Waals surface area contributed by atoms with Crippen LogP contribution in [0.15, 0.2) is 66.7 Å². The van der Waals surface area contributed by atoms with E-state index in [-0.39, 0.29) is 5.82 Å². The van der Waals surface area contributed by atoms with Crippen LogP contribution >= 0.6 is 0 Å². The quantitative estimate of drug-likeness (QED) is 0.465. The van der Waals surface area contributed by atoms with E-state index in [0.29, 0.717) is 19.3 Å². The van der Waals surface area contributed by atoms with Crippen LogP contribution < -0.4 is 14.8 Å². The minimum atomic E-state index is -0.252. The lowest BCUT2D eigenvalue weighted by Crippen LogP contribution is -2.35. The molecule has 1 saturated heterocycles. The Morgan fingerprint density at radius 2 is 1.84 bits per heavy atom. The number of hydrogen-bond donors (Lipinski definition) is 1. The average Bonchev–Trinajstić information content (AvgIpc) is 2.80. The highest BCUT2D eigenvalue weighted by molar-refractivity contribution is 5.72. The Kier molecular flexibility index (Phi) is 7.21. The number of ether oxygens (including phenoxy) is 2. The lowest BCUT2D eigenvalue weighted by Gasteiger charge is -2.23. The van der Waals surface area contributed by atoms with E-state index in [4.69, 9.17) is 9.47 Å². The Morgan fingerprint density at radius 1 is 0.968 bits per heavy atom. The Balaban J connectivity index is 1.55. The zero-order valence-electron chi connectivity index (χ0n) is 18.1. The summed E-state index contributed by atoms with van der Waals surface area (Å²) in [6.45, 7) is 4.22. The zero-order chi connectivity index (χ0) is 21.5. The molecule has 0 aliphatic carbocycles. The molecule has 1 aliphatic rings. The second-order valence-corrected chi connectivity index (χ2v) is 8.16. The molecule has 0 bridgehead atoms. The van der Waals surface area contributed by atoms with Crippen LogP contribution in [0.1, 0.15) is 36.8 Å². The summed E-state index contributed by atoms with van der Waals surface area (Å²) in [5.41, 5.74) is 3.82. The van der Waals surface area contributed by atoms with Gasteiger partial charge < -0.3 is 14.8 Å². The minimum absolute atomic E-state index is 0.252. The maximum atomic E-state index is 13.9. The van der Waals surface area contributed by atoms with Crippen molar-refractivity contribution in [3.05, 3.63) is 83.7 Å². The summed E-state index contributed by atoms with van der Waals surface area (Å²) in [5.74, 6) is 1.26. The van der Waals surface area contributed by atoms with Gasteiger partial charge in [0.25, 0.3) is 0 Å². The van der Waals surface area contributed by atoms with Crippen molar-refractivity contribution in [3.8, 4) is 22.6 Å². The predicted molar refractivity (Wildman–Crippen MR) is 123 cm³/mol. The van der Waals surface area contributed by atoms with Gasteiger partial charge in [-0.3, -0.25) is 0 Å². The molecule has 1 atom stereocenters. The molecule has 162 valence electrons. The summed E-state index contributed by atoms with van der Waals surface area (Å²) in [4.78, 5) is 0. The van der Waals surface area contributed by atoms with E-state index in [1.165, 1.54) is 25.3 Å². The standard InChI is InChI=1S/C27H30FNO2/c1-20-26(22-10-7-11-23(28)16-22)17-25(30-15-13-24-12-5-6-14-29-24)18-27(20)31-19-21-8-3-2-4-9-21/h2-4,7-11,16-18,24,29H,5-6,12-15,19H2,1H3. The molecule has 3 nitrogen and oxygen atoms in total. The maximum absolute atomic E-state index is 13.9. The van der Waals surface area contributed by atoms with E-state index in [2.05, 4.69) is 5.32 Å². The van der Waals surface area contributed by atoms with Gasteiger partial charge in [0.1, 0.15) is 23.9 Å². The lowest BCUT2D eigenvalue weighted by atomic mass is 9.99. The van der Waals surface area contributed by atoms with Crippen molar-refractivity contribution in [1.29, 1.82) is 0 Å². The summed E-state index contributed by atoms with van der Waals surface area (Å²) in [5, 5.41) is 3.56. The van der Waals surface area contributed by atoms with Gasteiger partial charge in [0.05, 0.1) is 6.61 Å². The summed E-state index contributed by atoms with van der Waals surface area (Å²) >= 11 is 0. The van der Waals surface area contributed by atoms with Crippen LogP contribution in [-0.2, 0) is 6.61 Å². The fourth-order valence-corrected chi connectivity index (χ4v) is 4.08. The van der Waals surface area contributed by atoms with Crippen molar-refractivity contribution in [2.24, 2.45) is 0 Å². The van der Waals surface area contributed by atoms with Gasteiger partial charge in [-0.05, 0) is 73.2 Å². The van der Waals surface area contributed by atoms with Crippen molar-refractivity contribution in [1.82, 2.24) is 5.32 Å². The second-order valence-electron chi connectivity index (χ2n) is 8.16. The van der Waals surface area contributed by atoms with Crippen molar-refractivity contribution in [2.75, 3.05) is 13.2 Å². The molecular formula is C27H30FNO2. The normalized spacial score (nSPS) is 16.1. The number of nitrogens with one attached hydrogen (secondary N) is 1. The first-order valence-electron chi connectivity index (χ1n) is 11.1. The van der Waals surface area contributed by atoms with E-state index >= 15 is 0 Å². The topological polar surface area (TPSA) is 30.5 Å². The number of benzene rings is 3. The summed E-state index contributed by atoms with van der Waals surface area (Å²) in [6, 6.07) is 21.2. The summed E-state index contributed by atoms with van der Waals surface area (Å²) in [7, 11) is 0. The molecule has 3 aromatic carbocycles. The third kappa shape index (κ3) is 5.86. The smallest absolute Gasteiger partial charge is 0.127 e. The molecule has 1 aliphatic heterocycles. The van der Waals surface area contributed by atoms with Crippen LogP contribution in [-0.4, -0.2) is 19.2 Å². The first-order valence-corrected chi connectivity index (χ1v) is 11.1.